The van der Waals surface area contributed by atoms with E-state index in [-0.39, 0.29) is 65.6 Å². The van der Waals surface area contributed by atoms with Crippen molar-refractivity contribution in [3.05, 3.63) is 183 Å². The monoisotopic (exact) mass is 825 g/mol. The van der Waals surface area contributed by atoms with E-state index in [1.165, 1.54) is 44.6 Å². The van der Waals surface area contributed by atoms with Crippen molar-refractivity contribution in [1.29, 1.82) is 0 Å². The molecule has 1 aliphatic heterocycles. The largest absolute Gasteiger partial charge is 0.507 e. The van der Waals surface area contributed by atoms with Crippen LogP contribution in [0.1, 0.15) is 67.2 Å². The van der Waals surface area contributed by atoms with E-state index in [9.17, 15) is 29.1 Å². The van der Waals surface area contributed by atoms with E-state index in [4.69, 9.17) is 28.4 Å². The van der Waals surface area contributed by atoms with Crippen molar-refractivity contribution >= 4 is 29.8 Å². The van der Waals surface area contributed by atoms with Crippen LogP contribution in [0.3, 0.4) is 0 Å². The van der Waals surface area contributed by atoms with Crippen molar-refractivity contribution in [1.82, 2.24) is 5.32 Å². The topological polar surface area (TPSA) is 173 Å². The molecule has 0 saturated carbocycles. The number of nitrogens with one attached hydrogen (secondary N) is 1. The van der Waals surface area contributed by atoms with Crippen LogP contribution in [0.4, 0.5) is 0 Å². The Balaban J connectivity index is 1.47. The molecule has 0 amide bonds. The summed E-state index contributed by atoms with van der Waals surface area (Å²) < 4.78 is 33.6. The second kappa shape index (κ2) is 19.9. The minimum absolute atomic E-state index is 0.0529. The minimum atomic E-state index is -0.962. The number of aromatic hydroxyl groups is 1. The molecular formula is C48H43NO12. The number of dihydropyridines is 1. The SMILES string of the molecule is COC(=O)C1=C(C)NC(C)=C(C(=O)OC)C1Cc1cc(C(=O)OCc2ccccc2)c(Oc2ccc(O)c(C(=O)OCc3ccccc3)c2)c(C(=O)OCc2ccccc2)c1. The smallest absolute Gasteiger partial charge is 0.342 e. The summed E-state index contributed by atoms with van der Waals surface area (Å²) in [5.41, 5.74) is 2.80. The molecule has 61 heavy (non-hydrogen) atoms. The molecule has 0 fully saturated rings. The first-order valence-electron chi connectivity index (χ1n) is 19.1. The Morgan fingerprint density at radius 3 is 1.34 bits per heavy atom. The molecule has 13 heteroatoms. The zero-order valence-corrected chi connectivity index (χ0v) is 33.9. The average Bonchev–Trinajstić information content (AvgIpc) is 3.28. The summed E-state index contributed by atoms with van der Waals surface area (Å²) >= 11 is 0. The normalized spacial score (nSPS) is 12.5. The van der Waals surface area contributed by atoms with Gasteiger partial charge in [-0.05, 0) is 72.9 Å². The fourth-order valence-electron chi connectivity index (χ4n) is 6.82. The standard InChI is InChI=1S/C48H43NO12/c1-29-41(47(54)56-3)37(42(30(2)49-29)48(55)57-4)22-34-23-38(45(52)59-27-32-16-10-6-11-17-32)43(39(24-34)46(53)60-28-33-18-12-7-13-19-33)61-35-20-21-40(50)36(25-35)44(51)58-26-31-14-8-5-9-15-31/h5-21,23-25,37,49-50H,22,26-28H2,1-4H3. The average molecular weight is 826 g/mol. The van der Waals surface area contributed by atoms with Crippen LogP contribution in [0.2, 0.25) is 0 Å². The van der Waals surface area contributed by atoms with E-state index in [0.29, 0.717) is 28.1 Å². The van der Waals surface area contributed by atoms with Gasteiger partial charge in [0.25, 0.3) is 0 Å². The summed E-state index contributed by atoms with van der Waals surface area (Å²) in [5.74, 6) is -5.78. The van der Waals surface area contributed by atoms with Gasteiger partial charge in [0.05, 0.1) is 25.4 Å². The molecule has 0 unspecified atom stereocenters. The van der Waals surface area contributed by atoms with E-state index >= 15 is 0 Å². The summed E-state index contributed by atoms with van der Waals surface area (Å²) in [6.45, 7) is 2.96. The van der Waals surface area contributed by atoms with E-state index in [1.54, 1.807) is 86.6 Å². The van der Waals surface area contributed by atoms with Crippen molar-refractivity contribution in [3.63, 3.8) is 0 Å². The molecule has 13 nitrogen and oxygen atoms in total. The third-order valence-electron chi connectivity index (χ3n) is 9.77. The molecule has 1 heterocycles. The Morgan fingerprint density at radius 2 is 0.934 bits per heavy atom. The fourth-order valence-corrected chi connectivity index (χ4v) is 6.82. The van der Waals surface area contributed by atoms with Gasteiger partial charge in [-0.3, -0.25) is 0 Å². The molecule has 5 aromatic carbocycles. The molecule has 0 spiro atoms. The van der Waals surface area contributed by atoms with E-state index in [2.05, 4.69) is 5.32 Å². The number of allylic oxidation sites excluding steroid dienone is 2. The third kappa shape index (κ3) is 10.5. The number of methoxy groups -OCH3 is 2. The zero-order valence-electron chi connectivity index (χ0n) is 33.9. The molecule has 0 atom stereocenters. The van der Waals surface area contributed by atoms with E-state index in [1.807, 2.05) is 18.2 Å². The maximum absolute atomic E-state index is 14.3. The first-order chi connectivity index (χ1) is 29.5. The lowest BCUT2D eigenvalue weighted by molar-refractivity contribution is -0.137. The lowest BCUT2D eigenvalue weighted by Gasteiger charge is -2.30. The second-order valence-corrected chi connectivity index (χ2v) is 13.9. The molecule has 0 saturated heterocycles. The van der Waals surface area contributed by atoms with Gasteiger partial charge in [-0.25, -0.2) is 24.0 Å². The number of rotatable bonds is 15. The molecule has 0 aromatic heterocycles. The molecular weight excluding hydrogens is 783 g/mol. The second-order valence-electron chi connectivity index (χ2n) is 13.9. The van der Waals surface area contributed by atoms with Crippen molar-refractivity contribution in [2.75, 3.05) is 14.2 Å². The molecule has 0 radical (unpaired) electrons. The van der Waals surface area contributed by atoms with Gasteiger partial charge in [0.15, 0.2) is 5.75 Å². The number of hydrogen-bond donors (Lipinski definition) is 2. The van der Waals surface area contributed by atoms with Gasteiger partial charge in [0.1, 0.15) is 48.0 Å². The summed E-state index contributed by atoms with van der Waals surface area (Å²) in [4.78, 5) is 68.4. The number of hydrogen-bond acceptors (Lipinski definition) is 13. The van der Waals surface area contributed by atoms with Crippen molar-refractivity contribution in [2.24, 2.45) is 5.92 Å². The first-order valence-corrected chi connectivity index (χ1v) is 19.1. The van der Waals surface area contributed by atoms with Gasteiger partial charge in [0.2, 0.25) is 0 Å². The molecule has 0 aliphatic carbocycles. The van der Waals surface area contributed by atoms with Gasteiger partial charge >= 0.3 is 29.8 Å². The Kier molecular flexibility index (Phi) is 14.0. The Morgan fingerprint density at radius 1 is 0.525 bits per heavy atom. The highest BCUT2D eigenvalue weighted by molar-refractivity contribution is 6.01. The van der Waals surface area contributed by atoms with Gasteiger partial charge in [0, 0.05) is 17.3 Å². The highest BCUT2D eigenvalue weighted by Crippen LogP contribution is 2.38. The highest BCUT2D eigenvalue weighted by Gasteiger charge is 2.37. The van der Waals surface area contributed by atoms with Gasteiger partial charge in [-0.2, -0.15) is 0 Å². The first kappa shape index (κ1) is 42.9. The molecule has 1 aliphatic rings. The number of phenols is 1. The summed E-state index contributed by atoms with van der Waals surface area (Å²) in [5, 5.41) is 13.8. The van der Waals surface area contributed by atoms with Crippen LogP contribution in [0.25, 0.3) is 0 Å². The third-order valence-corrected chi connectivity index (χ3v) is 9.77. The predicted octanol–water partition coefficient (Wildman–Crippen LogP) is 7.91. The minimum Gasteiger partial charge on any atom is -0.507 e. The van der Waals surface area contributed by atoms with Crippen LogP contribution in [0.5, 0.6) is 17.2 Å². The number of carbonyl (C=O) groups is 5. The van der Waals surface area contributed by atoms with Crippen molar-refractivity contribution < 1.29 is 57.5 Å². The van der Waals surface area contributed by atoms with Gasteiger partial charge < -0.3 is 38.8 Å². The van der Waals surface area contributed by atoms with Crippen LogP contribution in [-0.2, 0) is 59.5 Å². The lowest BCUT2D eigenvalue weighted by atomic mass is 9.80. The van der Waals surface area contributed by atoms with E-state index < -0.39 is 41.5 Å². The van der Waals surface area contributed by atoms with Gasteiger partial charge in [-0.15, -0.1) is 0 Å². The maximum Gasteiger partial charge on any atom is 0.342 e. The number of phenolic OH excluding ortho intramolecular Hbond substituents is 1. The quantitative estimate of drug-likeness (QED) is 0.0771. The zero-order chi connectivity index (χ0) is 43.5. The lowest BCUT2D eigenvalue weighted by Crippen LogP contribution is -2.34. The highest BCUT2D eigenvalue weighted by atomic mass is 16.6. The number of esters is 5. The van der Waals surface area contributed by atoms with Crippen LogP contribution in [0.15, 0.2) is 144 Å². The van der Waals surface area contributed by atoms with Crippen LogP contribution in [0, 0.1) is 5.92 Å². The van der Waals surface area contributed by atoms with Crippen LogP contribution < -0.4 is 10.1 Å². The Hall–Kier alpha value is -7.67. The van der Waals surface area contributed by atoms with Crippen molar-refractivity contribution in [2.45, 2.75) is 40.1 Å². The Labute approximate surface area is 352 Å². The molecule has 0 bridgehead atoms. The van der Waals surface area contributed by atoms with Crippen LogP contribution in [-0.4, -0.2) is 49.2 Å². The Bertz CT molecular complexity index is 2380. The predicted molar refractivity (Wildman–Crippen MR) is 221 cm³/mol. The maximum atomic E-state index is 14.3. The molecule has 5 aromatic rings. The summed E-state index contributed by atoms with van der Waals surface area (Å²) in [7, 11) is 2.43. The van der Waals surface area contributed by atoms with Gasteiger partial charge in [-0.1, -0.05) is 91.0 Å². The molecule has 6 rings (SSSR count). The molecule has 312 valence electrons. The van der Waals surface area contributed by atoms with E-state index in [0.717, 1.165) is 5.56 Å². The summed E-state index contributed by atoms with van der Waals surface area (Å²) in [6, 6.07) is 33.5. The molecule has 2 N–H and O–H groups in total. The van der Waals surface area contributed by atoms with Crippen molar-refractivity contribution in [3.8, 4) is 17.2 Å². The summed E-state index contributed by atoms with van der Waals surface area (Å²) in [6.07, 6.45) is -0.111. The number of ether oxygens (including phenoxy) is 6. The number of benzene rings is 5. The number of carbonyl (C=O) groups excluding carboxylic acids is 5. The fraction of sp³-hybridized carbons (Fsp3) is 0.188. The van der Waals surface area contributed by atoms with Crippen LogP contribution >= 0.6 is 0 Å².